The van der Waals surface area contributed by atoms with Gasteiger partial charge in [0.25, 0.3) is 0 Å². The van der Waals surface area contributed by atoms with Gasteiger partial charge in [0.05, 0.1) is 19.8 Å². The summed E-state index contributed by atoms with van der Waals surface area (Å²) in [7, 11) is 3.02. The second-order valence-electron chi connectivity index (χ2n) is 4.32. The molecule has 4 heteroatoms. The number of carbonyl (C=O) groups excluding carboxylic acids is 1. The molecule has 0 aliphatic carbocycles. The third kappa shape index (κ3) is 2.70. The molecule has 0 bridgehead atoms. The molecular weight excluding hydrogens is 320 g/mol. The van der Waals surface area contributed by atoms with Crippen molar-refractivity contribution in [1.29, 1.82) is 0 Å². The Balaban J connectivity index is 2.47. The Morgan fingerprint density at radius 2 is 1.70 bits per heavy atom. The Morgan fingerprint density at radius 1 is 1.05 bits per heavy atom. The fourth-order valence-electron chi connectivity index (χ4n) is 2.04. The highest BCUT2D eigenvalue weighted by Gasteiger charge is 2.15. The van der Waals surface area contributed by atoms with Crippen LogP contribution in [0.2, 0.25) is 0 Å². The number of hydrogen-bond acceptors (Lipinski definition) is 3. The van der Waals surface area contributed by atoms with Crippen molar-refractivity contribution in [3.63, 3.8) is 0 Å². The molecule has 3 nitrogen and oxygen atoms in total. The van der Waals surface area contributed by atoms with E-state index in [4.69, 9.17) is 9.47 Å². The van der Waals surface area contributed by atoms with E-state index in [1.807, 2.05) is 37.3 Å². The van der Waals surface area contributed by atoms with E-state index in [0.717, 1.165) is 26.9 Å². The molecule has 0 fully saturated rings. The first-order valence-corrected chi connectivity index (χ1v) is 6.89. The Labute approximate surface area is 126 Å². The lowest BCUT2D eigenvalue weighted by Gasteiger charge is -2.12. The number of methoxy groups -OCH3 is 2. The van der Waals surface area contributed by atoms with Crippen LogP contribution in [-0.2, 0) is 4.74 Å². The van der Waals surface area contributed by atoms with E-state index in [-0.39, 0.29) is 5.97 Å². The molecule has 0 spiro atoms. The zero-order valence-electron chi connectivity index (χ0n) is 11.6. The second-order valence-corrected chi connectivity index (χ2v) is 5.11. The molecule has 0 atom stereocenters. The summed E-state index contributed by atoms with van der Waals surface area (Å²) in [5.41, 5.74) is 3.66. The highest BCUT2D eigenvalue weighted by atomic mass is 79.9. The molecule has 2 aromatic carbocycles. The second kappa shape index (κ2) is 6.09. The molecule has 0 saturated heterocycles. The standard InChI is InChI=1S/C16H15BrO3/c1-10-13(11-4-6-12(19-2)7-5-11)8-9-14(15(10)17)16(18)20-3/h4-9H,1-3H3. The fraction of sp³-hybridized carbons (Fsp3) is 0.188. The van der Waals surface area contributed by atoms with Crippen molar-refractivity contribution in [2.24, 2.45) is 0 Å². The molecule has 0 heterocycles. The number of rotatable bonds is 3. The monoisotopic (exact) mass is 334 g/mol. The maximum atomic E-state index is 11.6. The molecule has 0 aliphatic heterocycles. The quantitative estimate of drug-likeness (QED) is 0.788. The SMILES string of the molecule is COC(=O)c1ccc(-c2ccc(OC)cc2)c(C)c1Br. The minimum absolute atomic E-state index is 0.346. The predicted molar refractivity (Wildman–Crippen MR) is 82.2 cm³/mol. The van der Waals surface area contributed by atoms with Gasteiger partial charge in [0.15, 0.2) is 0 Å². The van der Waals surface area contributed by atoms with E-state index in [2.05, 4.69) is 15.9 Å². The minimum atomic E-state index is -0.346. The van der Waals surface area contributed by atoms with Gasteiger partial charge in [0.2, 0.25) is 0 Å². The van der Waals surface area contributed by atoms with Gasteiger partial charge in [-0.25, -0.2) is 4.79 Å². The minimum Gasteiger partial charge on any atom is -0.497 e. The van der Waals surface area contributed by atoms with Crippen LogP contribution in [0.25, 0.3) is 11.1 Å². The van der Waals surface area contributed by atoms with Gasteiger partial charge in [-0.1, -0.05) is 18.2 Å². The molecule has 0 radical (unpaired) electrons. The van der Waals surface area contributed by atoms with Crippen LogP contribution < -0.4 is 4.74 Å². The summed E-state index contributed by atoms with van der Waals surface area (Å²) in [5.74, 6) is 0.470. The summed E-state index contributed by atoms with van der Waals surface area (Å²) in [6.45, 7) is 1.97. The number of hydrogen-bond donors (Lipinski definition) is 0. The van der Waals surface area contributed by atoms with Crippen molar-refractivity contribution in [3.8, 4) is 16.9 Å². The van der Waals surface area contributed by atoms with E-state index in [1.165, 1.54) is 7.11 Å². The molecule has 0 N–H and O–H groups in total. The number of esters is 1. The molecule has 0 saturated carbocycles. The van der Waals surface area contributed by atoms with Gasteiger partial charge in [-0.15, -0.1) is 0 Å². The molecule has 104 valence electrons. The zero-order chi connectivity index (χ0) is 14.7. The first-order chi connectivity index (χ1) is 9.58. The number of ether oxygens (including phenoxy) is 2. The van der Waals surface area contributed by atoms with Gasteiger partial charge in [0.1, 0.15) is 5.75 Å². The molecular formula is C16H15BrO3. The topological polar surface area (TPSA) is 35.5 Å². The van der Waals surface area contributed by atoms with Crippen molar-refractivity contribution in [1.82, 2.24) is 0 Å². The highest BCUT2D eigenvalue weighted by Crippen LogP contribution is 2.32. The molecule has 0 unspecified atom stereocenters. The zero-order valence-corrected chi connectivity index (χ0v) is 13.2. The lowest BCUT2D eigenvalue weighted by molar-refractivity contribution is 0.0599. The lowest BCUT2D eigenvalue weighted by Crippen LogP contribution is -2.03. The molecule has 0 aromatic heterocycles. The summed E-state index contributed by atoms with van der Waals surface area (Å²) < 4.78 is 10.7. The summed E-state index contributed by atoms with van der Waals surface area (Å²) in [6.07, 6.45) is 0. The van der Waals surface area contributed by atoms with Crippen molar-refractivity contribution < 1.29 is 14.3 Å². The summed E-state index contributed by atoms with van der Waals surface area (Å²) in [5, 5.41) is 0. The van der Waals surface area contributed by atoms with Crippen LogP contribution in [0.4, 0.5) is 0 Å². The molecule has 20 heavy (non-hydrogen) atoms. The first kappa shape index (κ1) is 14.6. The van der Waals surface area contributed by atoms with Gasteiger partial charge < -0.3 is 9.47 Å². The van der Waals surface area contributed by atoms with Gasteiger partial charge in [-0.2, -0.15) is 0 Å². The summed E-state index contributed by atoms with van der Waals surface area (Å²) >= 11 is 3.47. The Bertz CT molecular complexity index is 633. The number of carbonyl (C=O) groups is 1. The predicted octanol–water partition coefficient (Wildman–Crippen LogP) is 4.22. The third-order valence-electron chi connectivity index (χ3n) is 3.19. The van der Waals surface area contributed by atoms with E-state index in [0.29, 0.717) is 5.56 Å². The van der Waals surface area contributed by atoms with Crippen LogP contribution in [0.3, 0.4) is 0 Å². The van der Waals surface area contributed by atoms with Crippen molar-refractivity contribution in [2.45, 2.75) is 6.92 Å². The fourth-order valence-corrected chi connectivity index (χ4v) is 2.54. The summed E-state index contributed by atoms with van der Waals surface area (Å²) in [4.78, 5) is 11.6. The average molecular weight is 335 g/mol. The molecule has 0 aliphatic rings. The van der Waals surface area contributed by atoms with Gasteiger partial charge >= 0.3 is 5.97 Å². The molecule has 2 rings (SSSR count). The van der Waals surface area contributed by atoms with E-state index in [9.17, 15) is 4.79 Å². The largest absolute Gasteiger partial charge is 0.497 e. The van der Waals surface area contributed by atoms with Gasteiger partial charge in [-0.3, -0.25) is 0 Å². The number of benzene rings is 2. The third-order valence-corrected chi connectivity index (χ3v) is 4.21. The first-order valence-electron chi connectivity index (χ1n) is 6.10. The average Bonchev–Trinajstić information content (AvgIpc) is 2.49. The lowest BCUT2D eigenvalue weighted by atomic mass is 9.98. The van der Waals surface area contributed by atoms with Gasteiger partial charge in [-0.05, 0) is 57.7 Å². The van der Waals surface area contributed by atoms with Crippen LogP contribution in [0, 0.1) is 6.92 Å². The van der Waals surface area contributed by atoms with Crippen LogP contribution in [0.15, 0.2) is 40.9 Å². The van der Waals surface area contributed by atoms with Crippen molar-refractivity contribution in [2.75, 3.05) is 14.2 Å². The van der Waals surface area contributed by atoms with E-state index in [1.54, 1.807) is 13.2 Å². The van der Waals surface area contributed by atoms with Crippen molar-refractivity contribution >= 4 is 21.9 Å². The smallest absolute Gasteiger partial charge is 0.339 e. The maximum Gasteiger partial charge on any atom is 0.339 e. The maximum absolute atomic E-state index is 11.6. The Hall–Kier alpha value is -1.81. The Kier molecular flexibility index (Phi) is 4.45. The summed E-state index contributed by atoms with van der Waals surface area (Å²) in [6, 6.07) is 11.5. The Morgan fingerprint density at radius 3 is 2.25 bits per heavy atom. The molecule has 0 amide bonds. The van der Waals surface area contributed by atoms with E-state index >= 15 is 0 Å². The van der Waals surface area contributed by atoms with Crippen molar-refractivity contribution in [3.05, 3.63) is 52.0 Å². The van der Waals surface area contributed by atoms with Crippen LogP contribution in [0.1, 0.15) is 15.9 Å². The van der Waals surface area contributed by atoms with Crippen LogP contribution in [-0.4, -0.2) is 20.2 Å². The highest BCUT2D eigenvalue weighted by molar-refractivity contribution is 9.10. The van der Waals surface area contributed by atoms with E-state index < -0.39 is 0 Å². The number of halogens is 1. The van der Waals surface area contributed by atoms with Crippen LogP contribution >= 0.6 is 15.9 Å². The normalized spacial score (nSPS) is 10.2. The molecule has 2 aromatic rings. The van der Waals surface area contributed by atoms with Crippen LogP contribution in [0.5, 0.6) is 5.75 Å². The van der Waals surface area contributed by atoms with Gasteiger partial charge in [0, 0.05) is 4.47 Å².